The first-order valence-electron chi connectivity index (χ1n) is 7.58. The molecule has 1 atom stereocenters. The lowest BCUT2D eigenvalue weighted by molar-refractivity contribution is -0.274. The maximum absolute atomic E-state index is 12.9. The number of ether oxygens (including phenoxy) is 1. The summed E-state index contributed by atoms with van der Waals surface area (Å²) in [6, 6.07) is 3.04. The monoisotopic (exact) mass is 399 g/mol. The zero-order valence-electron chi connectivity index (χ0n) is 12.9. The third kappa shape index (κ3) is 4.26. The Balaban J connectivity index is 1.86. The first-order chi connectivity index (χ1) is 11.5. The summed E-state index contributed by atoms with van der Waals surface area (Å²) in [6.45, 7) is 0. The molecular formula is C14H16F3NO5S2. The molecular weight excluding hydrogens is 383 g/mol. The first kappa shape index (κ1) is 18.5. The van der Waals surface area contributed by atoms with E-state index in [1.54, 1.807) is 0 Å². The molecule has 3 rings (SSSR count). The molecule has 0 N–H and O–H groups in total. The Kier molecular flexibility index (Phi) is 4.53. The SMILES string of the molecule is O=S1(=O)CCC(N(C2CC2)S(=O)(=O)c2ccc(OC(F)(F)F)cc2)C1. The zero-order chi connectivity index (χ0) is 18.5. The fraction of sp³-hybridized carbons (Fsp3) is 0.571. The Hall–Kier alpha value is -1.33. The Morgan fingerprint density at radius 2 is 1.64 bits per heavy atom. The molecule has 11 heteroatoms. The van der Waals surface area contributed by atoms with Crippen LogP contribution < -0.4 is 4.74 Å². The second kappa shape index (κ2) is 6.13. The molecule has 1 heterocycles. The van der Waals surface area contributed by atoms with Crippen molar-refractivity contribution in [2.24, 2.45) is 0 Å². The molecule has 0 bridgehead atoms. The maximum Gasteiger partial charge on any atom is 0.573 e. The van der Waals surface area contributed by atoms with Crippen LogP contribution in [-0.4, -0.2) is 51.1 Å². The Morgan fingerprint density at radius 1 is 1.04 bits per heavy atom. The minimum absolute atomic E-state index is 0.0607. The molecule has 1 saturated heterocycles. The number of sulfone groups is 1. The van der Waals surface area contributed by atoms with E-state index in [1.165, 1.54) is 4.31 Å². The van der Waals surface area contributed by atoms with Crippen LogP contribution in [0.5, 0.6) is 5.75 Å². The highest BCUT2D eigenvalue weighted by molar-refractivity contribution is 7.92. The molecule has 2 aliphatic rings. The highest BCUT2D eigenvalue weighted by atomic mass is 32.2. The molecule has 0 radical (unpaired) electrons. The summed E-state index contributed by atoms with van der Waals surface area (Å²) < 4.78 is 90.6. The van der Waals surface area contributed by atoms with Gasteiger partial charge < -0.3 is 4.74 Å². The Labute approximate surface area is 143 Å². The Bertz CT molecular complexity index is 845. The zero-order valence-corrected chi connectivity index (χ0v) is 14.6. The van der Waals surface area contributed by atoms with Crippen LogP contribution in [0.2, 0.25) is 0 Å². The molecule has 6 nitrogen and oxygen atoms in total. The minimum Gasteiger partial charge on any atom is -0.406 e. The first-order valence-corrected chi connectivity index (χ1v) is 10.8. The van der Waals surface area contributed by atoms with Crippen molar-refractivity contribution in [2.75, 3.05) is 11.5 Å². The molecule has 1 aromatic carbocycles. The number of nitrogens with zero attached hydrogens (tertiary/aromatic N) is 1. The van der Waals surface area contributed by atoms with Crippen LogP contribution in [0.3, 0.4) is 0 Å². The van der Waals surface area contributed by atoms with E-state index < -0.39 is 38.0 Å². The third-order valence-electron chi connectivity index (χ3n) is 4.11. The van der Waals surface area contributed by atoms with Crippen molar-refractivity contribution in [3.63, 3.8) is 0 Å². The summed E-state index contributed by atoms with van der Waals surface area (Å²) in [4.78, 5) is -0.182. The van der Waals surface area contributed by atoms with Gasteiger partial charge in [0.15, 0.2) is 9.84 Å². The Morgan fingerprint density at radius 3 is 2.08 bits per heavy atom. The number of sulfonamides is 1. The summed E-state index contributed by atoms with van der Waals surface area (Å²) in [5, 5.41) is 0. The molecule has 1 aromatic rings. The van der Waals surface area contributed by atoms with Gasteiger partial charge in [-0.3, -0.25) is 0 Å². The van der Waals surface area contributed by atoms with Crippen LogP contribution in [0, 0.1) is 0 Å². The van der Waals surface area contributed by atoms with Crippen molar-refractivity contribution in [3.05, 3.63) is 24.3 Å². The fourth-order valence-electron chi connectivity index (χ4n) is 2.93. The number of alkyl halides is 3. The van der Waals surface area contributed by atoms with E-state index in [0.717, 1.165) is 24.3 Å². The van der Waals surface area contributed by atoms with Crippen LogP contribution >= 0.6 is 0 Å². The molecule has 1 aliphatic carbocycles. The van der Waals surface area contributed by atoms with Gasteiger partial charge in [0, 0.05) is 12.1 Å². The number of benzene rings is 1. The normalized spacial score (nSPS) is 23.8. The van der Waals surface area contributed by atoms with E-state index in [-0.39, 0.29) is 28.9 Å². The molecule has 1 unspecified atom stereocenters. The van der Waals surface area contributed by atoms with Gasteiger partial charge in [-0.1, -0.05) is 0 Å². The summed E-state index contributed by atoms with van der Waals surface area (Å²) >= 11 is 0. The van der Waals surface area contributed by atoms with Gasteiger partial charge in [-0.05, 0) is 43.5 Å². The number of rotatable bonds is 5. The van der Waals surface area contributed by atoms with Crippen molar-refractivity contribution in [2.45, 2.75) is 42.6 Å². The quantitative estimate of drug-likeness (QED) is 0.756. The largest absolute Gasteiger partial charge is 0.573 e. The molecule has 0 amide bonds. The predicted molar refractivity (Wildman–Crippen MR) is 82.2 cm³/mol. The van der Waals surface area contributed by atoms with Crippen molar-refractivity contribution in [1.82, 2.24) is 4.31 Å². The maximum atomic E-state index is 12.9. The van der Waals surface area contributed by atoms with Gasteiger partial charge >= 0.3 is 6.36 Å². The molecule has 1 aliphatic heterocycles. The van der Waals surface area contributed by atoms with Crippen molar-refractivity contribution >= 4 is 19.9 Å². The number of hydrogen-bond acceptors (Lipinski definition) is 5. The van der Waals surface area contributed by atoms with Crippen LogP contribution in [0.1, 0.15) is 19.3 Å². The van der Waals surface area contributed by atoms with E-state index in [2.05, 4.69) is 4.74 Å². The molecule has 0 aromatic heterocycles. The minimum atomic E-state index is -4.86. The van der Waals surface area contributed by atoms with Gasteiger partial charge in [0.1, 0.15) is 5.75 Å². The van der Waals surface area contributed by atoms with Gasteiger partial charge in [0.05, 0.1) is 16.4 Å². The topological polar surface area (TPSA) is 80.8 Å². The summed E-state index contributed by atoms with van der Waals surface area (Å²) in [5.41, 5.74) is 0. The van der Waals surface area contributed by atoms with Crippen LogP contribution in [0.4, 0.5) is 13.2 Å². The summed E-state index contributed by atoms with van der Waals surface area (Å²) in [7, 11) is -7.27. The standard InChI is InChI=1S/C14H16F3NO5S2/c15-14(16,17)23-12-3-5-13(6-4-12)25(21,22)18(10-1-2-10)11-7-8-24(19,20)9-11/h3-6,10-11H,1-2,7-9H2. The van der Waals surface area contributed by atoms with Crippen LogP contribution in [-0.2, 0) is 19.9 Å². The molecule has 1 saturated carbocycles. The average molecular weight is 399 g/mol. The summed E-state index contributed by atoms with van der Waals surface area (Å²) in [6.07, 6.45) is -3.35. The highest BCUT2D eigenvalue weighted by Crippen LogP contribution is 2.37. The highest BCUT2D eigenvalue weighted by Gasteiger charge is 2.46. The fourth-order valence-corrected chi connectivity index (χ4v) is 6.64. The van der Waals surface area contributed by atoms with Crippen molar-refractivity contribution < 1.29 is 34.7 Å². The smallest absolute Gasteiger partial charge is 0.406 e. The molecule has 0 spiro atoms. The average Bonchev–Trinajstić information content (AvgIpc) is 3.21. The lowest BCUT2D eigenvalue weighted by Crippen LogP contribution is -2.42. The van der Waals surface area contributed by atoms with E-state index >= 15 is 0 Å². The van der Waals surface area contributed by atoms with Gasteiger partial charge in [0.2, 0.25) is 10.0 Å². The van der Waals surface area contributed by atoms with Crippen LogP contribution in [0.15, 0.2) is 29.2 Å². The van der Waals surface area contributed by atoms with E-state index in [1.807, 2.05) is 0 Å². The predicted octanol–water partition coefficient (Wildman–Crippen LogP) is 1.93. The lowest BCUT2D eigenvalue weighted by atomic mass is 10.2. The van der Waals surface area contributed by atoms with E-state index in [4.69, 9.17) is 0 Å². The molecule has 140 valence electrons. The third-order valence-corrected chi connectivity index (χ3v) is 7.88. The lowest BCUT2D eigenvalue weighted by Gasteiger charge is -2.27. The van der Waals surface area contributed by atoms with E-state index in [0.29, 0.717) is 12.8 Å². The van der Waals surface area contributed by atoms with Crippen molar-refractivity contribution in [3.8, 4) is 5.75 Å². The number of hydrogen-bond donors (Lipinski definition) is 0. The second-order valence-electron chi connectivity index (χ2n) is 6.14. The second-order valence-corrected chi connectivity index (χ2v) is 10.2. The van der Waals surface area contributed by atoms with Gasteiger partial charge in [-0.2, -0.15) is 4.31 Å². The van der Waals surface area contributed by atoms with Crippen LogP contribution in [0.25, 0.3) is 0 Å². The van der Waals surface area contributed by atoms with Gasteiger partial charge in [-0.15, -0.1) is 13.2 Å². The summed E-state index contributed by atoms with van der Waals surface area (Å²) in [5.74, 6) is -0.805. The van der Waals surface area contributed by atoms with Gasteiger partial charge in [-0.25, -0.2) is 16.8 Å². The van der Waals surface area contributed by atoms with E-state index in [9.17, 15) is 30.0 Å². The molecule has 2 fully saturated rings. The molecule has 25 heavy (non-hydrogen) atoms. The van der Waals surface area contributed by atoms with Crippen molar-refractivity contribution in [1.29, 1.82) is 0 Å². The number of halogens is 3. The van der Waals surface area contributed by atoms with Gasteiger partial charge in [0.25, 0.3) is 0 Å².